The van der Waals surface area contributed by atoms with Gasteiger partial charge in [-0.25, -0.2) is 0 Å². The van der Waals surface area contributed by atoms with Crippen LogP contribution in [0.5, 0.6) is 5.75 Å². The van der Waals surface area contributed by atoms with Crippen LogP contribution >= 0.6 is 46.4 Å². The molecule has 0 radical (unpaired) electrons. The van der Waals surface area contributed by atoms with Gasteiger partial charge in [-0.1, -0.05) is 76.7 Å². The van der Waals surface area contributed by atoms with Gasteiger partial charge in [-0.15, -0.1) is 0 Å². The minimum atomic E-state index is -0.285. The number of benzene rings is 3. The van der Waals surface area contributed by atoms with Gasteiger partial charge in [-0.05, 0) is 48.4 Å². The van der Waals surface area contributed by atoms with Gasteiger partial charge in [0.15, 0.2) is 11.6 Å². The maximum absolute atomic E-state index is 12.8. The number of amides is 1. The number of rotatable bonds is 7. The smallest absolute Gasteiger partial charge is 0.256 e. The van der Waals surface area contributed by atoms with Crippen molar-refractivity contribution in [2.45, 2.75) is 20.1 Å². The third kappa shape index (κ3) is 5.86. The Balaban J connectivity index is 1.43. The first-order chi connectivity index (χ1) is 16.3. The average molecular weight is 535 g/mol. The van der Waals surface area contributed by atoms with E-state index in [9.17, 15) is 4.79 Å². The molecule has 9 heteroatoms. The van der Waals surface area contributed by atoms with Gasteiger partial charge in [0.05, 0.1) is 16.6 Å². The molecule has 0 atom stereocenters. The zero-order valence-electron chi connectivity index (χ0n) is 18.0. The van der Waals surface area contributed by atoms with Crippen LogP contribution in [-0.2, 0) is 13.2 Å². The molecule has 0 aliphatic rings. The summed E-state index contributed by atoms with van der Waals surface area (Å²) in [6.45, 7) is 2.60. The summed E-state index contributed by atoms with van der Waals surface area (Å²) in [6, 6.07) is 19.6. The molecule has 0 aliphatic heterocycles. The standard InChI is InChI=1S/C25H19Cl4N3O2/c1-15-9-23(31-32(15)13-18-6-2-3-8-20(18)27)30-25(33)17-7-4-5-16(10-17)14-34-24-21(28)11-19(26)12-22(24)29/h2-12H,13-14H2,1H3,(H,30,31,33). The molecule has 0 unspecified atom stereocenters. The van der Waals surface area contributed by atoms with Crippen molar-refractivity contribution >= 4 is 58.1 Å². The number of nitrogens with one attached hydrogen (secondary N) is 1. The molecular weight excluding hydrogens is 516 g/mol. The van der Waals surface area contributed by atoms with Gasteiger partial charge in [0.2, 0.25) is 0 Å². The molecule has 1 heterocycles. The summed E-state index contributed by atoms with van der Waals surface area (Å²) in [7, 11) is 0. The summed E-state index contributed by atoms with van der Waals surface area (Å²) in [4.78, 5) is 12.8. The summed E-state index contributed by atoms with van der Waals surface area (Å²) in [6.07, 6.45) is 0. The van der Waals surface area contributed by atoms with Crippen molar-refractivity contribution in [1.82, 2.24) is 9.78 Å². The van der Waals surface area contributed by atoms with Gasteiger partial charge >= 0.3 is 0 Å². The Kier molecular flexibility index (Phi) is 7.69. The normalized spacial score (nSPS) is 10.9. The number of anilines is 1. The Hall–Kier alpha value is -2.70. The molecule has 0 spiro atoms. The van der Waals surface area contributed by atoms with E-state index in [4.69, 9.17) is 51.1 Å². The molecule has 1 aromatic heterocycles. The van der Waals surface area contributed by atoms with E-state index in [1.165, 1.54) is 0 Å². The molecule has 5 nitrogen and oxygen atoms in total. The largest absolute Gasteiger partial charge is 0.486 e. The molecular formula is C25H19Cl4N3O2. The van der Waals surface area contributed by atoms with Crippen LogP contribution in [0.1, 0.15) is 27.2 Å². The van der Waals surface area contributed by atoms with Gasteiger partial charge in [-0.3, -0.25) is 9.48 Å². The molecule has 1 amide bonds. The number of hydrogen-bond acceptors (Lipinski definition) is 3. The molecule has 0 saturated heterocycles. The molecule has 0 aliphatic carbocycles. The van der Waals surface area contributed by atoms with Crippen LogP contribution in [0, 0.1) is 6.92 Å². The molecule has 4 rings (SSSR count). The van der Waals surface area contributed by atoms with Gasteiger partial charge in [0.1, 0.15) is 6.61 Å². The number of carbonyl (C=O) groups excluding carboxylic acids is 1. The number of aromatic nitrogens is 2. The van der Waals surface area contributed by atoms with E-state index in [0.29, 0.717) is 43.8 Å². The van der Waals surface area contributed by atoms with E-state index >= 15 is 0 Å². The number of nitrogens with zero attached hydrogens (tertiary/aromatic N) is 2. The summed E-state index contributed by atoms with van der Waals surface area (Å²) in [5, 5.41) is 9.06. The van der Waals surface area contributed by atoms with E-state index in [1.54, 1.807) is 35.0 Å². The number of carbonyl (C=O) groups is 1. The first kappa shape index (κ1) is 24.4. The summed E-state index contributed by atoms with van der Waals surface area (Å²) >= 11 is 24.5. The summed E-state index contributed by atoms with van der Waals surface area (Å²) < 4.78 is 7.56. The van der Waals surface area contributed by atoms with Crippen molar-refractivity contribution in [2.24, 2.45) is 0 Å². The zero-order valence-corrected chi connectivity index (χ0v) is 21.0. The van der Waals surface area contributed by atoms with Crippen LogP contribution < -0.4 is 10.1 Å². The van der Waals surface area contributed by atoms with Crippen molar-refractivity contribution < 1.29 is 9.53 Å². The van der Waals surface area contributed by atoms with E-state index in [2.05, 4.69) is 10.4 Å². The van der Waals surface area contributed by atoms with Crippen molar-refractivity contribution in [3.05, 3.63) is 109 Å². The van der Waals surface area contributed by atoms with E-state index in [-0.39, 0.29) is 12.5 Å². The van der Waals surface area contributed by atoms with Crippen LogP contribution in [0.4, 0.5) is 5.82 Å². The Morgan fingerprint density at radius 1 is 0.941 bits per heavy atom. The first-order valence-electron chi connectivity index (χ1n) is 10.3. The zero-order chi connectivity index (χ0) is 24.2. The average Bonchev–Trinajstić information content (AvgIpc) is 3.13. The second-order valence-corrected chi connectivity index (χ2v) is 9.22. The van der Waals surface area contributed by atoms with Crippen LogP contribution in [0.2, 0.25) is 20.1 Å². The van der Waals surface area contributed by atoms with Crippen LogP contribution in [0.15, 0.2) is 66.7 Å². The van der Waals surface area contributed by atoms with Gasteiger partial charge < -0.3 is 10.1 Å². The molecule has 0 saturated carbocycles. The van der Waals surface area contributed by atoms with E-state index in [0.717, 1.165) is 16.8 Å². The molecule has 174 valence electrons. The fraction of sp³-hybridized carbons (Fsp3) is 0.120. The second kappa shape index (κ2) is 10.7. The van der Waals surface area contributed by atoms with Gasteiger partial charge in [-0.2, -0.15) is 5.10 Å². The summed E-state index contributed by atoms with van der Waals surface area (Å²) in [5.74, 6) is 0.504. The lowest BCUT2D eigenvalue weighted by atomic mass is 10.1. The Bertz CT molecular complexity index is 1330. The van der Waals surface area contributed by atoms with Gasteiger partial charge in [0, 0.05) is 27.4 Å². The van der Waals surface area contributed by atoms with Crippen molar-refractivity contribution in [2.75, 3.05) is 5.32 Å². The van der Waals surface area contributed by atoms with Crippen molar-refractivity contribution in [1.29, 1.82) is 0 Å². The predicted molar refractivity (Wildman–Crippen MR) is 138 cm³/mol. The highest BCUT2D eigenvalue weighted by Gasteiger charge is 2.13. The molecule has 3 aromatic carbocycles. The number of aryl methyl sites for hydroxylation is 1. The quantitative estimate of drug-likeness (QED) is 0.264. The minimum absolute atomic E-state index is 0.174. The first-order valence-corrected chi connectivity index (χ1v) is 11.8. The van der Waals surface area contributed by atoms with E-state index < -0.39 is 0 Å². The van der Waals surface area contributed by atoms with Crippen LogP contribution in [-0.4, -0.2) is 15.7 Å². The molecule has 0 bridgehead atoms. The van der Waals surface area contributed by atoms with Crippen molar-refractivity contribution in [3.8, 4) is 5.75 Å². The monoisotopic (exact) mass is 533 g/mol. The maximum Gasteiger partial charge on any atom is 0.256 e. The van der Waals surface area contributed by atoms with Crippen LogP contribution in [0.25, 0.3) is 0 Å². The lowest BCUT2D eigenvalue weighted by molar-refractivity contribution is 0.102. The Morgan fingerprint density at radius 3 is 2.41 bits per heavy atom. The molecule has 0 fully saturated rings. The lowest BCUT2D eigenvalue weighted by Gasteiger charge is -2.11. The number of ether oxygens (including phenoxy) is 1. The third-order valence-electron chi connectivity index (χ3n) is 5.04. The fourth-order valence-corrected chi connectivity index (χ4v) is 4.45. The SMILES string of the molecule is Cc1cc(NC(=O)c2cccc(COc3c(Cl)cc(Cl)cc3Cl)c2)nn1Cc1ccccc1Cl. The molecule has 1 N–H and O–H groups in total. The predicted octanol–water partition coefficient (Wildman–Crippen LogP) is 7.68. The topological polar surface area (TPSA) is 56.1 Å². The highest BCUT2D eigenvalue weighted by Crippen LogP contribution is 2.36. The van der Waals surface area contributed by atoms with Crippen molar-refractivity contribution in [3.63, 3.8) is 0 Å². The number of hydrogen-bond donors (Lipinski definition) is 1. The Morgan fingerprint density at radius 2 is 1.68 bits per heavy atom. The third-order valence-corrected chi connectivity index (χ3v) is 6.18. The second-order valence-electron chi connectivity index (χ2n) is 7.56. The highest BCUT2D eigenvalue weighted by molar-refractivity contribution is 6.40. The van der Waals surface area contributed by atoms with Gasteiger partial charge in [0.25, 0.3) is 5.91 Å². The number of halogens is 4. The fourth-order valence-electron chi connectivity index (χ4n) is 3.33. The highest BCUT2D eigenvalue weighted by atomic mass is 35.5. The summed E-state index contributed by atoms with van der Waals surface area (Å²) in [5.41, 5.74) is 3.08. The lowest BCUT2D eigenvalue weighted by Crippen LogP contribution is -2.13. The van der Waals surface area contributed by atoms with Crippen LogP contribution in [0.3, 0.4) is 0 Å². The van der Waals surface area contributed by atoms with E-state index in [1.807, 2.05) is 43.3 Å². The Labute approximate surface area is 217 Å². The minimum Gasteiger partial charge on any atom is -0.486 e. The maximum atomic E-state index is 12.8. The molecule has 4 aromatic rings. The molecule has 34 heavy (non-hydrogen) atoms.